The number of nitrogens with zero attached hydrogens (tertiary/aromatic N) is 2. The van der Waals surface area contributed by atoms with E-state index in [1.807, 2.05) is 6.07 Å². The molecule has 3 fully saturated rings. The number of carbonyl (C=O) groups is 2. The summed E-state index contributed by atoms with van der Waals surface area (Å²) in [5, 5.41) is 16.0. The summed E-state index contributed by atoms with van der Waals surface area (Å²) in [4.78, 5) is 44.3. The Morgan fingerprint density at radius 3 is 2.58 bits per heavy atom. The molecule has 3 aromatic rings. The van der Waals surface area contributed by atoms with Crippen LogP contribution in [0, 0.1) is 11.2 Å². The number of fused-ring (bicyclic) bond motifs is 3. The maximum absolute atomic E-state index is 16.1. The minimum absolute atomic E-state index is 0.0243. The maximum Gasteiger partial charge on any atom is 0.434 e. The van der Waals surface area contributed by atoms with Crippen LogP contribution in [0.1, 0.15) is 81.4 Å². The first-order valence-electron chi connectivity index (χ1n) is 15.1. The van der Waals surface area contributed by atoms with Crippen LogP contribution in [-0.4, -0.2) is 51.2 Å². The standard InChI is InChI=1S/C31H33Cl2FN6O5/c1-29(2)8-10-30(11-9-29)31(18-5-3-15(32)13-19(18)37-27(31)42)21(17-7-12-35-24(33)22(17)34)23(38-30)25(41)36-16-4-6-20(44-14-16)26-39-40-28(43)45-26/h3,5,7,12-13,16,20-21,23,38H,4,6,8-11,14H2,1-2H3,(H,36,41)(H,37,42)(H,40,43)/t16-,20+,21-,23-,31-/m1/s1. The highest BCUT2D eigenvalue weighted by atomic mass is 35.5. The SMILES string of the molecule is CC1(C)CCC2(CC1)N[C@@H](C(=O)N[C@@H]1CC[C@@H](c3n[nH]c(=O)o3)OC1)[C@@H](c1ccnc(Cl)c1F)[C@]21C(=O)Nc2cc(Cl)ccc21. The summed E-state index contributed by atoms with van der Waals surface area (Å²) >= 11 is 12.6. The van der Waals surface area contributed by atoms with Gasteiger partial charge in [-0.2, -0.15) is 0 Å². The molecule has 1 aromatic carbocycles. The van der Waals surface area contributed by atoms with E-state index in [2.05, 4.69) is 45.0 Å². The smallest absolute Gasteiger partial charge is 0.390 e. The van der Waals surface area contributed by atoms with E-state index in [9.17, 15) is 14.4 Å². The lowest BCUT2D eigenvalue weighted by Crippen LogP contribution is -2.61. The van der Waals surface area contributed by atoms with Gasteiger partial charge in [-0.3, -0.25) is 14.9 Å². The molecular weight excluding hydrogens is 626 g/mol. The highest BCUT2D eigenvalue weighted by molar-refractivity contribution is 6.31. The van der Waals surface area contributed by atoms with Gasteiger partial charge in [-0.25, -0.2) is 19.3 Å². The highest BCUT2D eigenvalue weighted by Gasteiger charge is 2.73. The maximum atomic E-state index is 16.1. The molecule has 14 heteroatoms. The van der Waals surface area contributed by atoms with E-state index >= 15 is 4.39 Å². The molecule has 2 spiro atoms. The third-order valence-corrected chi connectivity index (χ3v) is 10.8. The van der Waals surface area contributed by atoms with Gasteiger partial charge in [0.2, 0.25) is 17.7 Å². The number of amides is 2. The second kappa shape index (κ2) is 10.9. The van der Waals surface area contributed by atoms with Crippen molar-refractivity contribution in [2.24, 2.45) is 5.41 Å². The van der Waals surface area contributed by atoms with Gasteiger partial charge in [0.05, 0.1) is 18.7 Å². The Bertz CT molecular complexity index is 1730. The van der Waals surface area contributed by atoms with Gasteiger partial charge in [0, 0.05) is 28.4 Å². The number of aromatic nitrogens is 3. The summed E-state index contributed by atoms with van der Waals surface area (Å²) in [6.07, 6.45) is 4.60. The van der Waals surface area contributed by atoms with Gasteiger partial charge in [-0.1, -0.05) is 43.1 Å². The molecule has 1 aliphatic carbocycles. The first kappa shape index (κ1) is 30.3. The van der Waals surface area contributed by atoms with Crippen LogP contribution < -0.4 is 21.7 Å². The summed E-state index contributed by atoms with van der Waals surface area (Å²) in [6, 6.07) is 5.36. The monoisotopic (exact) mass is 658 g/mol. The van der Waals surface area contributed by atoms with Gasteiger partial charge < -0.3 is 19.8 Å². The quantitative estimate of drug-likeness (QED) is 0.299. The number of halogens is 3. The van der Waals surface area contributed by atoms with Gasteiger partial charge in [-0.05, 0) is 73.3 Å². The zero-order chi connectivity index (χ0) is 31.7. The van der Waals surface area contributed by atoms with Crippen LogP contribution in [0.15, 0.2) is 39.7 Å². The van der Waals surface area contributed by atoms with Crippen LogP contribution in [0.2, 0.25) is 10.2 Å². The average molecular weight is 660 g/mol. The number of anilines is 1. The predicted molar refractivity (Wildman–Crippen MR) is 163 cm³/mol. The highest BCUT2D eigenvalue weighted by Crippen LogP contribution is 2.64. The van der Waals surface area contributed by atoms with Crippen molar-refractivity contribution in [2.75, 3.05) is 11.9 Å². The van der Waals surface area contributed by atoms with Crippen molar-refractivity contribution in [1.82, 2.24) is 25.8 Å². The van der Waals surface area contributed by atoms with Gasteiger partial charge >= 0.3 is 5.76 Å². The first-order valence-corrected chi connectivity index (χ1v) is 15.9. The van der Waals surface area contributed by atoms with Crippen LogP contribution in [0.25, 0.3) is 0 Å². The molecule has 238 valence electrons. The van der Waals surface area contributed by atoms with Crippen LogP contribution >= 0.6 is 23.2 Å². The zero-order valence-corrected chi connectivity index (χ0v) is 26.2. The van der Waals surface area contributed by atoms with E-state index in [1.54, 1.807) is 12.1 Å². The number of ether oxygens (including phenoxy) is 1. The summed E-state index contributed by atoms with van der Waals surface area (Å²) in [7, 11) is 0. The van der Waals surface area contributed by atoms with E-state index in [0.29, 0.717) is 42.0 Å². The first-order chi connectivity index (χ1) is 21.4. The Labute approximate surface area is 268 Å². The molecule has 4 N–H and O–H groups in total. The number of nitrogens with one attached hydrogen (secondary N) is 4. The summed E-state index contributed by atoms with van der Waals surface area (Å²) in [5.41, 5.74) is -0.871. The lowest BCUT2D eigenvalue weighted by molar-refractivity contribution is -0.126. The normalized spacial score (nSPS) is 29.9. The molecule has 2 saturated heterocycles. The number of benzene rings is 1. The Kier molecular flexibility index (Phi) is 7.34. The number of rotatable bonds is 4. The molecule has 3 aliphatic heterocycles. The molecule has 2 amide bonds. The molecule has 0 unspecified atom stereocenters. The Hall–Kier alpha value is -3.32. The lowest BCUT2D eigenvalue weighted by Gasteiger charge is -2.50. The second-order valence-corrected chi connectivity index (χ2v) is 14.2. The Morgan fingerprint density at radius 1 is 1.11 bits per heavy atom. The van der Waals surface area contributed by atoms with E-state index < -0.39 is 40.6 Å². The lowest BCUT2D eigenvalue weighted by atomic mass is 9.53. The molecule has 45 heavy (non-hydrogen) atoms. The van der Waals surface area contributed by atoms with Crippen molar-refractivity contribution in [3.8, 4) is 0 Å². The fraction of sp³-hybridized carbons (Fsp3) is 0.516. The van der Waals surface area contributed by atoms with E-state index in [0.717, 1.165) is 12.8 Å². The van der Waals surface area contributed by atoms with Crippen LogP contribution in [0.4, 0.5) is 10.1 Å². The molecular formula is C31H33Cl2FN6O5. The molecule has 2 aromatic heterocycles. The van der Waals surface area contributed by atoms with Crippen molar-refractivity contribution < 1.29 is 23.1 Å². The summed E-state index contributed by atoms with van der Waals surface area (Å²) < 4.78 is 27.0. The predicted octanol–water partition coefficient (Wildman–Crippen LogP) is 4.52. The third kappa shape index (κ3) is 4.79. The Balaban J connectivity index is 1.30. The molecule has 5 atom stereocenters. The summed E-state index contributed by atoms with van der Waals surface area (Å²) in [6.45, 7) is 4.53. The van der Waals surface area contributed by atoms with E-state index in [4.69, 9.17) is 32.4 Å². The van der Waals surface area contributed by atoms with Gasteiger partial charge in [-0.15, -0.1) is 5.10 Å². The van der Waals surface area contributed by atoms with Crippen LogP contribution in [0.5, 0.6) is 0 Å². The van der Waals surface area contributed by atoms with Crippen molar-refractivity contribution in [3.05, 3.63) is 74.0 Å². The molecule has 5 heterocycles. The average Bonchev–Trinajstić information content (AvgIpc) is 3.65. The van der Waals surface area contributed by atoms with Crippen molar-refractivity contribution in [2.45, 2.75) is 87.4 Å². The zero-order valence-electron chi connectivity index (χ0n) is 24.7. The number of aromatic amines is 1. The number of H-pyrrole nitrogens is 1. The fourth-order valence-electron chi connectivity index (χ4n) is 8.06. The Morgan fingerprint density at radius 2 is 1.89 bits per heavy atom. The minimum atomic E-state index is -1.36. The van der Waals surface area contributed by atoms with Crippen molar-refractivity contribution in [1.29, 1.82) is 0 Å². The number of hydrogen-bond acceptors (Lipinski definition) is 8. The molecule has 11 nitrogen and oxygen atoms in total. The van der Waals surface area contributed by atoms with Gasteiger partial charge in [0.25, 0.3) is 0 Å². The number of pyridine rings is 1. The van der Waals surface area contributed by atoms with Crippen molar-refractivity contribution >= 4 is 40.7 Å². The minimum Gasteiger partial charge on any atom is -0.390 e. The van der Waals surface area contributed by atoms with Crippen LogP contribution in [-0.2, 0) is 19.7 Å². The molecule has 0 bridgehead atoms. The molecule has 4 aliphatic rings. The van der Waals surface area contributed by atoms with E-state index in [1.165, 1.54) is 12.3 Å². The molecule has 1 saturated carbocycles. The number of carbonyl (C=O) groups excluding carboxylic acids is 2. The van der Waals surface area contributed by atoms with Crippen molar-refractivity contribution in [3.63, 3.8) is 0 Å². The van der Waals surface area contributed by atoms with Gasteiger partial charge in [0.1, 0.15) is 11.5 Å². The van der Waals surface area contributed by atoms with Gasteiger partial charge in [0.15, 0.2) is 11.0 Å². The summed E-state index contributed by atoms with van der Waals surface area (Å²) in [5.74, 6) is -2.96. The molecule has 0 radical (unpaired) electrons. The van der Waals surface area contributed by atoms with Crippen LogP contribution in [0.3, 0.4) is 0 Å². The second-order valence-electron chi connectivity index (χ2n) is 13.4. The fourth-order valence-corrected chi connectivity index (χ4v) is 8.40. The topological polar surface area (TPSA) is 151 Å². The number of hydrogen-bond donors (Lipinski definition) is 4. The largest absolute Gasteiger partial charge is 0.434 e. The third-order valence-electron chi connectivity index (χ3n) is 10.3. The van der Waals surface area contributed by atoms with E-state index in [-0.39, 0.29) is 46.5 Å². The molecule has 7 rings (SSSR count).